The Balaban J connectivity index is -0.00000000842. The molecule has 0 amide bonds. The van der Waals surface area contributed by atoms with Crippen LogP contribution in [0.2, 0.25) is 0 Å². The average molecular weight is 379 g/mol. The van der Waals surface area contributed by atoms with Crippen molar-refractivity contribution in [3.63, 3.8) is 0 Å². The molecule has 0 unspecified atom stereocenters. The fourth-order valence-corrected chi connectivity index (χ4v) is 0. The van der Waals surface area contributed by atoms with Gasteiger partial charge in [0.05, 0.1) is 0 Å². The number of hydrogen-bond acceptors (Lipinski definition) is 12. The van der Waals surface area contributed by atoms with Gasteiger partial charge in [0.25, 0.3) is 0 Å². The maximum absolute atomic E-state index is 7.17. The second-order valence-corrected chi connectivity index (χ2v) is 1.39. The molecule has 18 nitrogen and oxygen atoms in total. The van der Waals surface area contributed by atoms with E-state index in [1.54, 1.807) is 0 Å². The van der Waals surface area contributed by atoms with E-state index in [9.17, 15) is 0 Å². The van der Waals surface area contributed by atoms with Gasteiger partial charge in [0.15, 0.2) is 0 Å². The van der Waals surface area contributed by atoms with Crippen LogP contribution in [0.4, 0.5) is 0 Å². The fraction of sp³-hybridized carbons (Fsp3) is 0. The molecule has 146 valence electrons. The summed E-state index contributed by atoms with van der Waals surface area (Å²) in [6.45, 7) is 0. The second-order valence-electron chi connectivity index (χ2n) is 1.39. The van der Waals surface area contributed by atoms with Crippen LogP contribution < -0.4 is 0 Å². The van der Waals surface area contributed by atoms with Crippen LogP contribution in [0.25, 0.3) is 0 Å². The summed E-state index contributed by atoms with van der Waals surface area (Å²) in [6, 6.07) is 0. The Bertz CT molecular complexity index is 64.0. The van der Waals surface area contributed by atoms with Crippen molar-refractivity contribution in [2.75, 3.05) is 0 Å². The zero-order valence-electron chi connectivity index (χ0n) is 10.7. The van der Waals surface area contributed by atoms with Crippen LogP contribution in [0.15, 0.2) is 0 Å². The van der Waals surface area contributed by atoms with Gasteiger partial charge in [0.2, 0.25) is 0 Å². The molecule has 23 heavy (non-hydrogen) atoms. The minimum atomic E-state index is -2.17. The van der Waals surface area contributed by atoms with Gasteiger partial charge in [0, 0.05) is 0 Å². The fourth-order valence-electron chi connectivity index (χ4n) is 0. The quantitative estimate of drug-likeness (QED) is 0.174. The molecule has 0 aromatic heterocycles. The molecule has 0 aromatic carbocycles. The summed E-state index contributed by atoms with van der Waals surface area (Å²) in [5.74, 6) is 0. The normalized spacial score (nSPS) is 4.70. The summed E-state index contributed by atoms with van der Waals surface area (Å²) < 4.78 is 0. The summed E-state index contributed by atoms with van der Waals surface area (Å²) >= 11 is 0. The molecule has 0 aliphatic heterocycles. The first kappa shape index (κ1) is 76.1. The van der Waals surface area contributed by atoms with E-state index >= 15 is 0 Å². The predicted molar refractivity (Wildman–Crippen MR) is 78.5 cm³/mol. The maximum atomic E-state index is 7.17. The van der Waals surface area contributed by atoms with Gasteiger partial charge in [-0.25, -0.2) is 0 Å². The minimum absolute atomic E-state index is 0. The first-order valence-electron chi connectivity index (χ1n) is 3.10. The van der Waals surface area contributed by atoms with Gasteiger partial charge >= 0.3 is 58.8 Å². The topological polar surface area (TPSA) is 432 Å². The third kappa shape index (κ3) is 32600. The van der Waals surface area contributed by atoms with Crippen LogP contribution in [-0.2, 0) is 0 Å². The van der Waals surface area contributed by atoms with Gasteiger partial charge in [0.1, 0.15) is 0 Å². The summed E-state index contributed by atoms with van der Waals surface area (Å²) in [5.41, 5.74) is 0. The van der Waals surface area contributed by atoms with E-state index in [4.69, 9.17) is 60.3 Å². The van der Waals surface area contributed by atoms with E-state index in [1.807, 2.05) is 0 Å². The summed E-state index contributed by atoms with van der Waals surface area (Å²) in [7, 11) is -8.67. The first-order chi connectivity index (χ1) is 6.93. The third-order valence-electron chi connectivity index (χ3n) is 0. The molecule has 0 atom stereocenters. The van der Waals surface area contributed by atoms with Gasteiger partial charge in [-0.1, -0.05) is 0 Å². The Morgan fingerprint density at radius 2 is 0.261 bits per heavy atom. The molecule has 0 fully saturated rings. The molecular weight excluding hydrogens is 354 g/mol. The standard InChI is InChI=1S/4BH3O3.Na.6H2O.H/c4*2-1(3)4;;;;;;;;/h4*2-4H;;6*1H2;. The number of hydrogen-bond donors (Lipinski definition) is 12. The van der Waals surface area contributed by atoms with Crippen molar-refractivity contribution in [1.82, 2.24) is 0 Å². The molecule has 0 rings (SSSR count). The van der Waals surface area contributed by atoms with Crippen LogP contribution >= 0.6 is 0 Å². The van der Waals surface area contributed by atoms with E-state index in [-0.39, 0.29) is 62.4 Å². The molecule has 0 aliphatic rings. The molecule has 0 spiro atoms. The summed E-state index contributed by atoms with van der Waals surface area (Å²) in [5, 5.41) is 86.0. The van der Waals surface area contributed by atoms with E-state index in [0.717, 1.165) is 0 Å². The SMILES string of the molecule is O.O.O.O.O.O.OB(O)O.OB(O)O.OB(O)O.OB(O)O.[NaH]. The van der Waals surface area contributed by atoms with Crippen molar-refractivity contribution in [3.05, 3.63) is 0 Å². The molecular formula is H25B4NaO18. The third-order valence-corrected chi connectivity index (χ3v) is 0. The number of rotatable bonds is 0. The Morgan fingerprint density at radius 1 is 0.261 bits per heavy atom. The van der Waals surface area contributed by atoms with Crippen molar-refractivity contribution in [3.8, 4) is 0 Å². The Morgan fingerprint density at radius 3 is 0.261 bits per heavy atom. The van der Waals surface area contributed by atoms with Gasteiger partial charge in [-0.2, -0.15) is 0 Å². The second kappa shape index (κ2) is 66.5. The van der Waals surface area contributed by atoms with Gasteiger partial charge in [-0.15, -0.1) is 0 Å². The molecule has 24 N–H and O–H groups in total. The molecule has 0 radical (unpaired) electrons. The molecule has 23 heteroatoms. The zero-order chi connectivity index (χ0) is 14.3. The average Bonchev–Trinajstić information content (AvgIpc) is 1.76. The first-order valence-corrected chi connectivity index (χ1v) is 3.10. The van der Waals surface area contributed by atoms with Crippen molar-refractivity contribution >= 4 is 58.8 Å². The van der Waals surface area contributed by atoms with E-state index in [1.165, 1.54) is 0 Å². The van der Waals surface area contributed by atoms with Gasteiger partial charge in [-0.3, -0.25) is 0 Å². The van der Waals surface area contributed by atoms with Crippen LogP contribution in [0.1, 0.15) is 0 Å². The Hall–Kier alpha value is 0.540. The van der Waals surface area contributed by atoms with Crippen LogP contribution in [0.5, 0.6) is 0 Å². The summed E-state index contributed by atoms with van der Waals surface area (Å²) in [6.07, 6.45) is 0. The molecule has 0 bridgehead atoms. The van der Waals surface area contributed by atoms with Crippen molar-refractivity contribution in [2.45, 2.75) is 0 Å². The van der Waals surface area contributed by atoms with E-state index in [2.05, 4.69) is 0 Å². The van der Waals surface area contributed by atoms with Crippen LogP contribution in [-0.4, -0.2) is 152 Å². The molecule has 0 aliphatic carbocycles. The van der Waals surface area contributed by atoms with Crippen LogP contribution in [0, 0.1) is 0 Å². The zero-order valence-corrected chi connectivity index (χ0v) is 10.7. The van der Waals surface area contributed by atoms with Gasteiger partial charge < -0.3 is 93.1 Å². The molecule has 0 heterocycles. The Labute approximate surface area is 152 Å². The molecule has 0 saturated carbocycles. The monoisotopic (exact) mass is 380 g/mol. The van der Waals surface area contributed by atoms with Crippen molar-refractivity contribution < 1.29 is 93.1 Å². The summed E-state index contributed by atoms with van der Waals surface area (Å²) in [4.78, 5) is 0. The molecule has 0 saturated heterocycles. The van der Waals surface area contributed by atoms with Crippen LogP contribution in [0.3, 0.4) is 0 Å². The Kier molecular flexibility index (Phi) is 220. The van der Waals surface area contributed by atoms with Gasteiger partial charge in [-0.05, 0) is 0 Å². The predicted octanol–water partition coefficient (Wildman–Crippen LogP) is -13.8. The molecule has 0 aromatic rings. The van der Waals surface area contributed by atoms with Crippen molar-refractivity contribution in [2.24, 2.45) is 0 Å². The van der Waals surface area contributed by atoms with Crippen molar-refractivity contribution in [1.29, 1.82) is 0 Å². The van der Waals surface area contributed by atoms with E-state index < -0.39 is 29.3 Å². The van der Waals surface area contributed by atoms with E-state index in [0.29, 0.717) is 0 Å².